The van der Waals surface area contributed by atoms with Gasteiger partial charge in [-0.15, -0.1) is 0 Å². The zero-order valence-corrected chi connectivity index (χ0v) is 10.0. The minimum absolute atomic E-state index is 0.0616. The van der Waals surface area contributed by atoms with Crippen LogP contribution in [0, 0.1) is 13.8 Å². The van der Waals surface area contributed by atoms with Gasteiger partial charge in [0.2, 0.25) is 5.91 Å². The third kappa shape index (κ3) is 4.02. The predicted octanol–water partition coefficient (Wildman–Crippen LogP) is 0.387. The molecule has 5 nitrogen and oxygen atoms in total. The molecule has 1 heterocycles. The predicted molar refractivity (Wildman–Crippen MR) is 61.0 cm³/mol. The van der Waals surface area contributed by atoms with Crippen LogP contribution in [0.15, 0.2) is 6.07 Å². The van der Waals surface area contributed by atoms with E-state index in [1.54, 1.807) is 6.92 Å². The van der Waals surface area contributed by atoms with Gasteiger partial charge in [0.15, 0.2) is 0 Å². The van der Waals surface area contributed by atoms with E-state index in [0.717, 1.165) is 11.4 Å². The van der Waals surface area contributed by atoms with Crippen molar-refractivity contribution in [3.8, 4) is 0 Å². The van der Waals surface area contributed by atoms with Crippen LogP contribution in [-0.2, 0) is 11.3 Å². The van der Waals surface area contributed by atoms with Gasteiger partial charge in [0, 0.05) is 25.2 Å². The van der Waals surface area contributed by atoms with Crippen molar-refractivity contribution in [2.45, 2.75) is 39.8 Å². The van der Waals surface area contributed by atoms with E-state index in [2.05, 4.69) is 10.4 Å². The fourth-order valence-corrected chi connectivity index (χ4v) is 1.46. The van der Waals surface area contributed by atoms with Crippen LogP contribution in [0.1, 0.15) is 24.7 Å². The third-order valence-electron chi connectivity index (χ3n) is 2.25. The molecule has 0 aliphatic carbocycles. The van der Waals surface area contributed by atoms with E-state index in [1.807, 2.05) is 24.6 Å². The highest BCUT2D eigenvalue weighted by Gasteiger charge is 2.05. The third-order valence-corrected chi connectivity index (χ3v) is 2.25. The maximum absolute atomic E-state index is 11.4. The SMILES string of the molecule is Cc1cc(C)n(CCC(=O)NC[C@H](C)O)n1. The Morgan fingerprint density at radius 2 is 2.31 bits per heavy atom. The van der Waals surface area contributed by atoms with Crippen LogP contribution in [-0.4, -0.2) is 33.4 Å². The molecule has 0 aromatic carbocycles. The van der Waals surface area contributed by atoms with Gasteiger partial charge >= 0.3 is 0 Å². The summed E-state index contributed by atoms with van der Waals surface area (Å²) < 4.78 is 1.82. The monoisotopic (exact) mass is 225 g/mol. The van der Waals surface area contributed by atoms with Crippen molar-refractivity contribution in [3.63, 3.8) is 0 Å². The summed E-state index contributed by atoms with van der Waals surface area (Å²) in [6, 6.07) is 1.98. The summed E-state index contributed by atoms with van der Waals surface area (Å²) in [7, 11) is 0. The molecule has 90 valence electrons. The van der Waals surface area contributed by atoms with Crippen molar-refractivity contribution >= 4 is 5.91 Å². The zero-order chi connectivity index (χ0) is 12.1. The number of hydrogen-bond donors (Lipinski definition) is 2. The number of carbonyl (C=O) groups excluding carboxylic acids is 1. The van der Waals surface area contributed by atoms with Crippen molar-refractivity contribution in [1.29, 1.82) is 0 Å². The zero-order valence-electron chi connectivity index (χ0n) is 10.0. The Balaban J connectivity index is 2.34. The molecule has 1 amide bonds. The second-order valence-corrected chi connectivity index (χ2v) is 4.05. The number of aliphatic hydroxyl groups excluding tert-OH is 1. The van der Waals surface area contributed by atoms with Gasteiger partial charge in [0.25, 0.3) is 0 Å². The molecule has 0 unspecified atom stereocenters. The molecule has 1 aromatic rings. The lowest BCUT2D eigenvalue weighted by Crippen LogP contribution is -2.31. The highest BCUT2D eigenvalue weighted by molar-refractivity contribution is 5.75. The summed E-state index contributed by atoms with van der Waals surface area (Å²) in [6.45, 7) is 6.41. The molecule has 1 atom stereocenters. The van der Waals surface area contributed by atoms with Gasteiger partial charge in [-0.05, 0) is 26.8 Å². The Kier molecular flexibility index (Phi) is 4.49. The first kappa shape index (κ1) is 12.7. The van der Waals surface area contributed by atoms with E-state index in [4.69, 9.17) is 5.11 Å². The number of nitrogens with one attached hydrogen (secondary N) is 1. The standard InChI is InChI=1S/C11H19N3O2/c1-8-6-9(2)14(13-8)5-4-11(16)12-7-10(3)15/h6,10,15H,4-5,7H2,1-3H3,(H,12,16)/t10-/m0/s1. The number of amides is 1. The van der Waals surface area contributed by atoms with Gasteiger partial charge in [0.05, 0.1) is 11.8 Å². The maximum atomic E-state index is 11.4. The van der Waals surface area contributed by atoms with E-state index in [-0.39, 0.29) is 5.91 Å². The van der Waals surface area contributed by atoms with Crippen molar-refractivity contribution < 1.29 is 9.90 Å². The number of hydrogen-bond acceptors (Lipinski definition) is 3. The number of aromatic nitrogens is 2. The molecular formula is C11H19N3O2. The Hall–Kier alpha value is -1.36. The first-order valence-electron chi connectivity index (χ1n) is 5.45. The topological polar surface area (TPSA) is 67.2 Å². The molecule has 5 heteroatoms. The summed E-state index contributed by atoms with van der Waals surface area (Å²) in [4.78, 5) is 11.4. The van der Waals surface area contributed by atoms with Gasteiger partial charge < -0.3 is 10.4 Å². The Morgan fingerprint density at radius 1 is 1.62 bits per heavy atom. The molecule has 0 bridgehead atoms. The summed E-state index contributed by atoms with van der Waals surface area (Å²) in [5.74, 6) is -0.0616. The molecule has 0 aliphatic heterocycles. The number of aryl methyl sites for hydroxylation is 3. The molecule has 0 saturated carbocycles. The molecule has 1 aromatic heterocycles. The van der Waals surface area contributed by atoms with Crippen LogP contribution in [0.4, 0.5) is 0 Å². The lowest BCUT2D eigenvalue weighted by atomic mass is 10.3. The second-order valence-electron chi connectivity index (χ2n) is 4.05. The molecule has 16 heavy (non-hydrogen) atoms. The highest BCUT2D eigenvalue weighted by atomic mass is 16.3. The fraction of sp³-hybridized carbons (Fsp3) is 0.636. The average Bonchev–Trinajstić information content (AvgIpc) is 2.51. The molecule has 0 radical (unpaired) electrons. The van der Waals surface area contributed by atoms with Crippen LogP contribution < -0.4 is 5.32 Å². The van der Waals surface area contributed by atoms with Gasteiger partial charge in [-0.2, -0.15) is 5.10 Å². The number of aliphatic hydroxyl groups is 1. The van der Waals surface area contributed by atoms with E-state index >= 15 is 0 Å². The first-order valence-corrected chi connectivity index (χ1v) is 5.45. The number of nitrogens with zero attached hydrogens (tertiary/aromatic N) is 2. The van der Waals surface area contributed by atoms with E-state index in [1.165, 1.54) is 0 Å². The minimum atomic E-state index is -0.502. The maximum Gasteiger partial charge on any atom is 0.221 e. The fourth-order valence-electron chi connectivity index (χ4n) is 1.46. The molecule has 0 aliphatic rings. The van der Waals surface area contributed by atoms with Crippen molar-refractivity contribution in [2.24, 2.45) is 0 Å². The summed E-state index contributed by atoms with van der Waals surface area (Å²) >= 11 is 0. The Bertz CT molecular complexity index is 358. The second kappa shape index (κ2) is 5.65. The van der Waals surface area contributed by atoms with Gasteiger partial charge in [-0.3, -0.25) is 9.48 Å². The molecule has 2 N–H and O–H groups in total. The first-order chi connectivity index (χ1) is 7.49. The van der Waals surface area contributed by atoms with E-state index in [9.17, 15) is 4.79 Å². The number of carbonyl (C=O) groups is 1. The lowest BCUT2D eigenvalue weighted by molar-refractivity contribution is -0.121. The van der Waals surface area contributed by atoms with Crippen molar-refractivity contribution in [1.82, 2.24) is 15.1 Å². The average molecular weight is 225 g/mol. The quantitative estimate of drug-likeness (QED) is 0.761. The van der Waals surface area contributed by atoms with Crippen molar-refractivity contribution in [3.05, 3.63) is 17.5 Å². The smallest absolute Gasteiger partial charge is 0.221 e. The largest absolute Gasteiger partial charge is 0.392 e. The van der Waals surface area contributed by atoms with E-state index in [0.29, 0.717) is 19.5 Å². The van der Waals surface area contributed by atoms with Crippen LogP contribution in [0.2, 0.25) is 0 Å². The van der Waals surface area contributed by atoms with E-state index < -0.39 is 6.10 Å². The normalized spacial score (nSPS) is 12.5. The molecule has 0 spiro atoms. The van der Waals surface area contributed by atoms with Crippen LogP contribution in [0.3, 0.4) is 0 Å². The Labute approximate surface area is 95.5 Å². The van der Waals surface area contributed by atoms with Crippen LogP contribution in [0.25, 0.3) is 0 Å². The van der Waals surface area contributed by atoms with Gasteiger partial charge in [-0.1, -0.05) is 0 Å². The molecule has 1 rings (SSSR count). The van der Waals surface area contributed by atoms with Crippen LogP contribution >= 0.6 is 0 Å². The van der Waals surface area contributed by atoms with Crippen LogP contribution in [0.5, 0.6) is 0 Å². The lowest BCUT2D eigenvalue weighted by Gasteiger charge is -2.07. The summed E-state index contributed by atoms with van der Waals surface area (Å²) in [5, 5.41) is 15.9. The van der Waals surface area contributed by atoms with Gasteiger partial charge in [-0.25, -0.2) is 0 Å². The molecule has 0 saturated heterocycles. The highest BCUT2D eigenvalue weighted by Crippen LogP contribution is 2.02. The van der Waals surface area contributed by atoms with Crippen molar-refractivity contribution in [2.75, 3.05) is 6.54 Å². The Morgan fingerprint density at radius 3 is 2.81 bits per heavy atom. The minimum Gasteiger partial charge on any atom is -0.392 e. The summed E-state index contributed by atoms with van der Waals surface area (Å²) in [6.07, 6.45) is -0.119. The molecular weight excluding hydrogens is 206 g/mol. The summed E-state index contributed by atoms with van der Waals surface area (Å²) in [5.41, 5.74) is 2.02. The number of rotatable bonds is 5. The molecule has 0 fully saturated rings. The van der Waals surface area contributed by atoms with Gasteiger partial charge in [0.1, 0.15) is 0 Å².